The highest BCUT2D eigenvalue weighted by atomic mass is 16.7. The summed E-state index contributed by atoms with van der Waals surface area (Å²) < 4.78 is 23.1. The Labute approximate surface area is 246 Å². The number of hydrogen-bond donors (Lipinski definition) is 14. The van der Waals surface area contributed by atoms with Gasteiger partial charge in [-0.05, 0) is 19.4 Å². The van der Waals surface area contributed by atoms with Gasteiger partial charge in [0.15, 0.2) is 18.5 Å². The fraction of sp³-hybridized carbons (Fsp3) is 0.913. The lowest BCUT2D eigenvalue weighted by Gasteiger charge is -2.49. The molecule has 0 bridgehead atoms. The van der Waals surface area contributed by atoms with Gasteiger partial charge in [0.1, 0.15) is 67.1 Å². The van der Waals surface area contributed by atoms with Crippen LogP contribution in [0.25, 0.3) is 0 Å². The molecule has 1 amide bonds. The maximum Gasteiger partial charge on any atom is 0.249 e. The molecule has 0 spiro atoms. The van der Waals surface area contributed by atoms with E-state index in [2.05, 4.69) is 10.3 Å². The van der Waals surface area contributed by atoms with Gasteiger partial charge < -0.3 is 94.4 Å². The molecule has 1 unspecified atom stereocenters. The van der Waals surface area contributed by atoms with Crippen molar-refractivity contribution in [2.75, 3.05) is 19.7 Å². The number of aliphatic hydroxyl groups excluding tert-OH is 7. The normalized spacial score (nSPS) is 44.4. The largest absolute Gasteiger partial charge is 0.394 e. The van der Waals surface area contributed by atoms with E-state index in [4.69, 9.17) is 53.3 Å². The lowest BCUT2D eigenvalue weighted by Crippen LogP contribution is -2.69. The van der Waals surface area contributed by atoms with Crippen LogP contribution in [-0.4, -0.2) is 165 Å². The van der Waals surface area contributed by atoms with Crippen LogP contribution < -0.4 is 39.7 Å². The van der Waals surface area contributed by atoms with Gasteiger partial charge in [0.2, 0.25) is 5.91 Å². The molecule has 0 aromatic carbocycles. The minimum Gasteiger partial charge on any atom is -0.394 e. The first-order valence-electron chi connectivity index (χ1n) is 13.9. The quantitative estimate of drug-likeness (QED) is 0.0747. The summed E-state index contributed by atoms with van der Waals surface area (Å²) >= 11 is 0. The van der Waals surface area contributed by atoms with Crippen LogP contribution >= 0.6 is 0 Å². The smallest absolute Gasteiger partial charge is 0.249 e. The number of nitrogens with zero attached hydrogens (tertiary/aromatic N) is 1. The third-order valence-electron chi connectivity index (χ3n) is 7.81. The standard InChI is InChI=1S/C23H46N8O12/c24-2-1-8(33)20(39)30-7-3-6(26)18(42-21-12(31-23(28)29)16(37)14(35)9(4-25)40-21)17(38)19(7)43-22-15(36)11(27)13(34)10(5-32)41-22/h6-19,21-22,32-38H,1-5,24-27H2,(H,30,39)(H4,28,29,31)/t6-,7+,8-,9+,10+,11-,12+,13+,14+,15+,16+,17-,18?,19-,21+,22+/m0/s1. The van der Waals surface area contributed by atoms with E-state index in [-0.39, 0.29) is 25.9 Å². The molecule has 0 radical (unpaired) electrons. The number of nitrogens with one attached hydrogen (secondary N) is 1. The zero-order chi connectivity index (χ0) is 32.2. The predicted octanol–water partition coefficient (Wildman–Crippen LogP) is -9.14. The molecule has 250 valence electrons. The van der Waals surface area contributed by atoms with Crippen LogP contribution in [0.2, 0.25) is 0 Å². The summed E-state index contributed by atoms with van der Waals surface area (Å²) in [6.07, 6.45) is -17.9. The van der Waals surface area contributed by atoms with E-state index in [9.17, 15) is 40.5 Å². The molecule has 0 aromatic rings. The molecule has 3 aliphatic rings. The first-order chi connectivity index (χ1) is 20.2. The third-order valence-corrected chi connectivity index (χ3v) is 7.81. The zero-order valence-corrected chi connectivity index (χ0v) is 23.4. The van der Waals surface area contributed by atoms with E-state index in [1.165, 1.54) is 0 Å². The van der Waals surface area contributed by atoms with Crippen molar-refractivity contribution in [3.63, 3.8) is 0 Å². The number of nitrogens with two attached hydrogens (primary N) is 6. The Morgan fingerprint density at radius 3 is 2.12 bits per heavy atom. The van der Waals surface area contributed by atoms with Crippen molar-refractivity contribution in [2.24, 2.45) is 39.4 Å². The highest BCUT2D eigenvalue weighted by Gasteiger charge is 2.53. The number of ether oxygens (including phenoxy) is 4. The van der Waals surface area contributed by atoms with Gasteiger partial charge in [-0.1, -0.05) is 0 Å². The summed E-state index contributed by atoms with van der Waals surface area (Å²) in [6.45, 7) is -0.908. The van der Waals surface area contributed by atoms with Crippen molar-refractivity contribution in [2.45, 2.75) is 111 Å². The molecule has 20 nitrogen and oxygen atoms in total. The Kier molecular flexibility index (Phi) is 12.8. The molecular weight excluding hydrogens is 580 g/mol. The fourth-order valence-electron chi connectivity index (χ4n) is 5.38. The lowest BCUT2D eigenvalue weighted by atomic mass is 9.83. The van der Waals surface area contributed by atoms with Crippen molar-refractivity contribution in [3.05, 3.63) is 0 Å². The highest BCUT2D eigenvalue weighted by Crippen LogP contribution is 2.32. The van der Waals surface area contributed by atoms with E-state index >= 15 is 0 Å². The van der Waals surface area contributed by atoms with Gasteiger partial charge in [0.25, 0.3) is 0 Å². The molecule has 20 N–H and O–H groups in total. The number of carbonyl (C=O) groups excluding carboxylic acids is 1. The summed E-state index contributed by atoms with van der Waals surface area (Å²) in [5, 5.41) is 75.7. The van der Waals surface area contributed by atoms with E-state index in [1.807, 2.05) is 0 Å². The Bertz CT molecular complexity index is 935. The maximum atomic E-state index is 12.7. The molecule has 3 rings (SSSR count). The van der Waals surface area contributed by atoms with Crippen molar-refractivity contribution in [1.82, 2.24) is 5.32 Å². The Morgan fingerprint density at radius 1 is 0.907 bits per heavy atom. The van der Waals surface area contributed by atoms with Crippen molar-refractivity contribution >= 4 is 11.9 Å². The van der Waals surface area contributed by atoms with Gasteiger partial charge in [-0.25, -0.2) is 4.99 Å². The van der Waals surface area contributed by atoms with E-state index in [1.54, 1.807) is 0 Å². The minimum absolute atomic E-state index is 0.00476. The number of aliphatic imine (C=N–C) groups is 1. The fourth-order valence-corrected chi connectivity index (χ4v) is 5.38. The van der Waals surface area contributed by atoms with E-state index in [0.717, 1.165) is 0 Å². The number of carbonyl (C=O) groups is 1. The second kappa shape index (κ2) is 15.4. The van der Waals surface area contributed by atoms with Gasteiger partial charge in [0, 0.05) is 12.6 Å². The Balaban J connectivity index is 1.91. The molecule has 2 heterocycles. The molecule has 1 saturated carbocycles. The summed E-state index contributed by atoms with van der Waals surface area (Å²) in [6, 6.07) is -4.86. The van der Waals surface area contributed by atoms with Crippen LogP contribution in [0.5, 0.6) is 0 Å². The monoisotopic (exact) mass is 626 g/mol. The van der Waals surface area contributed by atoms with Gasteiger partial charge in [-0.3, -0.25) is 4.79 Å². The SMILES string of the molecule is NCC[C@H](O)C(=O)N[C@@H]1C[C@H](N)C(O[C@H]2O[C@H](CN)[C@@H](O)[C@H](O)[C@H]2N=C(N)N)[C@H](O)[C@H]1O[C@H]1O[C@H](CO)[C@@H](O)[C@H](N)[C@H]1O. The van der Waals surface area contributed by atoms with Crippen LogP contribution in [0.3, 0.4) is 0 Å². The zero-order valence-electron chi connectivity index (χ0n) is 23.4. The molecule has 0 aromatic heterocycles. The maximum absolute atomic E-state index is 12.7. The summed E-state index contributed by atoms with van der Waals surface area (Å²) in [5.41, 5.74) is 34.3. The number of hydrogen-bond acceptors (Lipinski definition) is 17. The Hall–Kier alpha value is -1.86. The van der Waals surface area contributed by atoms with Crippen LogP contribution in [0.15, 0.2) is 4.99 Å². The third kappa shape index (κ3) is 8.06. The van der Waals surface area contributed by atoms with Crippen LogP contribution in [0.4, 0.5) is 0 Å². The minimum atomic E-state index is -1.73. The summed E-state index contributed by atoms with van der Waals surface area (Å²) in [5.74, 6) is -1.31. The summed E-state index contributed by atoms with van der Waals surface area (Å²) in [7, 11) is 0. The molecule has 43 heavy (non-hydrogen) atoms. The summed E-state index contributed by atoms with van der Waals surface area (Å²) in [4.78, 5) is 16.6. The second-order valence-corrected chi connectivity index (χ2v) is 10.9. The topological polar surface area (TPSA) is 376 Å². The van der Waals surface area contributed by atoms with Crippen LogP contribution in [-0.2, 0) is 23.7 Å². The number of rotatable bonds is 11. The average molecular weight is 627 g/mol. The number of aliphatic hydroxyl groups is 7. The molecule has 3 fully saturated rings. The van der Waals surface area contributed by atoms with Crippen LogP contribution in [0.1, 0.15) is 12.8 Å². The van der Waals surface area contributed by atoms with Gasteiger partial charge in [0.05, 0.1) is 18.7 Å². The van der Waals surface area contributed by atoms with Gasteiger partial charge >= 0.3 is 0 Å². The second-order valence-electron chi connectivity index (χ2n) is 10.9. The predicted molar refractivity (Wildman–Crippen MR) is 145 cm³/mol. The van der Waals surface area contributed by atoms with E-state index < -0.39 is 116 Å². The van der Waals surface area contributed by atoms with Gasteiger partial charge in [-0.2, -0.15) is 0 Å². The molecule has 2 aliphatic heterocycles. The average Bonchev–Trinajstić information content (AvgIpc) is 2.96. The Morgan fingerprint density at radius 2 is 1.53 bits per heavy atom. The van der Waals surface area contributed by atoms with Crippen molar-refractivity contribution < 1.29 is 59.5 Å². The molecule has 1 aliphatic carbocycles. The first kappa shape index (κ1) is 35.6. The lowest BCUT2D eigenvalue weighted by molar-refractivity contribution is -0.319. The van der Waals surface area contributed by atoms with E-state index in [0.29, 0.717) is 0 Å². The number of guanidine groups is 1. The number of amides is 1. The van der Waals surface area contributed by atoms with Crippen molar-refractivity contribution in [3.8, 4) is 0 Å². The molecular formula is C23H46N8O12. The van der Waals surface area contributed by atoms with Crippen molar-refractivity contribution in [1.29, 1.82) is 0 Å². The first-order valence-corrected chi connectivity index (χ1v) is 13.9. The molecule has 2 saturated heterocycles. The van der Waals surface area contributed by atoms with Gasteiger partial charge in [-0.15, -0.1) is 0 Å². The molecule has 16 atom stereocenters. The van der Waals surface area contributed by atoms with Crippen LogP contribution in [0, 0.1) is 0 Å². The molecule has 20 heteroatoms. The highest BCUT2D eigenvalue weighted by molar-refractivity contribution is 5.80.